The molecule has 0 heterocycles. The molecule has 2 atom stereocenters. The zero-order valence-corrected chi connectivity index (χ0v) is 13.1. The number of nitrogens with one attached hydrogen (secondary N) is 2. The summed E-state index contributed by atoms with van der Waals surface area (Å²) in [7, 11) is 0. The Kier molecular flexibility index (Phi) is 6.11. The number of carbonyl (C=O) groups excluding carboxylic acids is 1. The van der Waals surface area contributed by atoms with Crippen LogP contribution in [0.25, 0.3) is 0 Å². The molecule has 0 spiro atoms. The first-order valence-electron chi connectivity index (χ1n) is 6.32. The molecule has 1 amide bonds. The first-order chi connectivity index (χ1) is 8.81. The van der Waals surface area contributed by atoms with Gasteiger partial charge >= 0.3 is 0 Å². The Bertz CT molecular complexity index is 449. The van der Waals surface area contributed by atoms with Gasteiger partial charge in [-0.1, -0.05) is 29.3 Å². The number of benzene rings is 1. The van der Waals surface area contributed by atoms with E-state index in [1.54, 1.807) is 12.1 Å². The topological polar surface area (TPSA) is 41.1 Å². The molecule has 5 heteroatoms. The summed E-state index contributed by atoms with van der Waals surface area (Å²) in [5.41, 5.74) is 0.926. The van der Waals surface area contributed by atoms with Crippen molar-refractivity contribution in [3.05, 3.63) is 33.8 Å². The second-order valence-corrected chi connectivity index (χ2v) is 5.78. The van der Waals surface area contributed by atoms with Crippen LogP contribution in [0.4, 0.5) is 0 Å². The van der Waals surface area contributed by atoms with Crippen LogP contribution in [-0.4, -0.2) is 18.0 Å². The second kappa shape index (κ2) is 7.13. The van der Waals surface area contributed by atoms with Gasteiger partial charge in [-0.05, 0) is 45.4 Å². The maximum atomic E-state index is 11.8. The van der Waals surface area contributed by atoms with E-state index in [2.05, 4.69) is 10.6 Å². The lowest BCUT2D eigenvalue weighted by Gasteiger charge is -2.21. The van der Waals surface area contributed by atoms with Crippen molar-refractivity contribution >= 4 is 29.1 Å². The zero-order chi connectivity index (χ0) is 14.6. The van der Waals surface area contributed by atoms with E-state index in [-0.39, 0.29) is 24.0 Å². The van der Waals surface area contributed by atoms with E-state index >= 15 is 0 Å². The summed E-state index contributed by atoms with van der Waals surface area (Å²) in [5, 5.41) is 7.29. The van der Waals surface area contributed by atoms with E-state index in [1.165, 1.54) is 0 Å². The van der Waals surface area contributed by atoms with Gasteiger partial charge in [0, 0.05) is 22.1 Å². The molecule has 3 nitrogen and oxygen atoms in total. The predicted octanol–water partition coefficient (Wildman–Crippen LogP) is 3.56. The SMILES string of the molecule is CC(C)NC(=O)C(C)NC(C)c1ccc(Cl)cc1Cl. The summed E-state index contributed by atoms with van der Waals surface area (Å²) in [6.07, 6.45) is 0. The summed E-state index contributed by atoms with van der Waals surface area (Å²) in [6.45, 7) is 7.67. The molecule has 0 saturated carbocycles. The van der Waals surface area contributed by atoms with Gasteiger partial charge in [0.15, 0.2) is 0 Å². The van der Waals surface area contributed by atoms with Crippen LogP contribution in [0.15, 0.2) is 18.2 Å². The Morgan fingerprint density at radius 1 is 1.16 bits per heavy atom. The Morgan fingerprint density at radius 2 is 1.79 bits per heavy atom. The summed E-state index contributed by atoms with van der Waals surface area (Å²) >= 11 is 12.0. The van der Waals surface area contributed by atoms with E-state index in [1.807, 2.05) is 33.8 Å². The maximum Gasteiger partial charge on any atom is 0.237 e. The number of hydrogen-bond acceptors (Lipinski definition) is 2. The van der Waals surface area contributed by atoms with Crippen molar-refractivity contribution in [3.63, 3.8) is 0 Å². The van der Waals surface area contributed by atoms with Gasteiger partial charge in [0.1, 0.15) is 0 Å². The maximum absolute atomic E-state index is 11.8. The number of amides is 1. The van der Waals surface area contributed by atoms with Crippen molar-refractivity contribution in [2.45, 2.75) is 45.8 Å². The van der Waals surface area contributed by atoms with Gasteiger partial charge < -0.3 is 5.32 Å². The first-order valence-corrected chi connectivity index (χ1v) is 7.08. The highest BCUT2D eigenvalue weighted by molar-refractivity contribution is 6.35. The first kappa shape index (κ1) is 16.3. The fraction of sp³-hybridized carbons (Fsp3) is 0.500. The summed E-state index contributed by atoms with van der Waals surface area (Å²) in [6, 6.07) is 5.18. The second-order valence-electron chi connectivity index (χ2n) is 4.94. The Labute approximate surface area is 124 Å². The Morgan fingerprint density at radius 3 is 2.32 bits per heavy atom. The molecule has 106 valence electrons. The molecule has 0 fully saturated rings. The average molecular weight is 303 g/mol. The van der Waals surface area contributed by atoms with E-state index in [0.29, 0.717) is 10.0 Å². The molecular formula is C14H20Cl2N2O. The molecule has 1 aromatic carbocycles. The molecule has 1 rings (SSSR count). The van der Waals surface area contributed by atoms with Crippen molar-refractivity contribution in [2.24, 2.45) is 0 Å². The quantitative estimate of drug-likeness (QED) is 0.873. The van der Waals surface area contributed by atoms with Gasteiger partial charge in [0.05, 0.1) is 6.04 Å². The smallest absolute Gasteiger partial charge is 0.237 e. The molecule has 0 saturated heterocycles. The van der Waals surface area contributed by atoms with Crippen LogP contribution in [0, 0.1) is 0 Å². The fourth-order valence-corrected chi connectivity index (χ4v) is 2.37. The number of halogens is 2. The van der Waals surface area contributed by atoms with Crippen LogP contribution >= 0.6 is 23.2 Å². The Hall–Kier alpha value is -0.770. The minimum atomic E-state index is -0.288. The molecular weight excluding hydrogens is 283 g/mol. The molecule has 0 radical (unpaired) electrons. The highest BCUT2D eigenvalue weighted by Crippen LogP contribution is 2.26. The van der Waals surface area contributed by atoms with Crippen LogP contribution in [0.2, 0.25) is 10.0 Å². The molecule has 1 aromatic rings. The number of carbonyl (C=O) groups is 1. The molecule has 0 aliphatic carbocycles. The molecule has 0 aliphatic heterocycles. The third-order valence-corrected chi connectivity index (χ3v) is 3.32. The third-order valence-electron chi connectivity index (χ3n) is 2.75. The molecule has 0 aromatic heterocycles. The normalized spacial score (nSPS) is 14.3. The number of rotatable bonds is 5. The lowest BCUT2D eigenvalue weighted by atomic mass is 10.1. The predicted molar refractivity (Wildman–Crippen MR) is 80.8 cm³/mol. The third kappa shape index (κ3) is 5.01. The zero-order valence-electron chi connectivity index (χ0n) is 11.6. The molecule has 2 N–H and O–H groups in total. The van der Waals surface area contributed by atoms with Crippen LogP contribution in [0.1, 0.15) is 39.3 Å². The minimum Gasteiger partial charge on any atom is -0.353 e. The van der Waals surface area contributed by atoms with Crippen LogP contribution in [0.3, 0.4) is 0 Å². The molecule has 19 heavy (non-hydrogen) atoms. The summed E-state index contributed by atoms with van der Waals surface area (Å²) in [4.78, 5) is 11.8. The van der Waals surface area contributed by atoms with E-state index in [9.17, 15) is 4.79 Å². The van der Waals surface area contributed by atoms with Gasteiger partial charge in [-0.25, -0.2) is 0 Å². The van der Waals surface area contributed by atoms with Gasteiger partial charge in [-0.15, -0.1) is 0 Å². The number of hydrogen-bond donors (Lipinski definition) is 2. The van der Waals surface area contributed by atoms with E-state index < -0.39 is 0 Å². The highest BCUT2D eigenvalue weighted by Gasteiger charge is 2.18. The van der Waals surface area contributed by atoms with Crippen molar-refractivity contribution < 1.29 is 4.79 Å². The fourth-order valence-electron chi connectivity index (χ4n) is 1.80. The summed E-state index contributed by atoms with van der Waals surface area (Å²) < 4.78 is 0. The van der Waals surface area contributed by atoms with Gasteiger partial charge in [0.2, 0.25) is 5.91 Å². The van der Waals surface area contributed by atoms with Gasteiger partial charge in [-0.2, -0.15) is 0 Å². The monoisotopic (exact) mass is 302 g/mol. The van der Waals surface area contributed by atoms with Crippen molar-refractivity contribution in [3.8, 4) is 0 Å². The summed E-state index contributed by atoms with van der Waals surface area (Å²) in [5.74, 6) is -0.0214. The molecule has 0 bridgehead atoms. The van der Waals surface area contributed by atoms with Crippen LogP contribution in [0.5, 0.6) is 0 Å². The highest BCUT2D eigenvalue weighted by atomic mass is 35.5. The van der Waals surface area contributed by atoms with E-state index in [0.717, 1.165) is 5.56 Å². The van der Waals surface area contributed by atoms with Crippen LogP contribution in [-0.2, 0) is 4.79 Å². The van der Waals surface area contributed by atoms with E-state index in [4.69, 9.17) is 23.2 Å². The molecule has 0 aliphatic rings. The standard InChI is InChI=1S/C14H20Cl2N2O/c1-8(2)17-14(19)10(4)18-9(3)12-6-5-11(15)7-13(12)16/h5-10,18H,1-4H3,(H,17,19). The van der Waals surface area contributed by atoms with Gasteiger partial charge in [-0.3, -0.25) is 10.1 Å². The lowest BCUT2D eigenvalue weighted by Crippen LogP contribution is -2.45. The minimum absolute atomic E-state index is 0.0214. The average Bonchev–Trinajstić information content (AvgIpc) is 2.27. The lowest BCUT2D eigenvalue weighted by molar-refractivity contribution is -0.123. The van der Waals surface area contributed by atoms with Crippen molar-refractivity contribution in [1.29, 1.82) is 0 Å². The van der Waals surface area contributed by atoms with Crippen LogP contribution < -0.4 is 10.6 Å². The molecule has 2 unspecified atom stereocenters. The van der Waals surface area contributed by atoms with Crippen molar-refractivity contribution in [2.75, 3.05) is 0 Å². The largest absolute Gasteiger partial charge is 0.353 e. The van der Waals surface area contributed by atoms with Crippen molar-refractivity contribution in [1.82, 2.24) is 10.6 Å². The Balaban J connectivity index is 2.68. The van der Waals surface area contributed by atoms with Gasteiger partial charge in [0.25, 0.3) is 0 Å².